The molecule has 3 aliphatic rings. The molecule has 4 atom stereocenters. The van der Waals surface area contributed by atoms with E-state index < -0.39 is 57.9 Å². The molecule has 0 heterocycles. The molecule has 0 aromatic heterocycles. The second-order valence-corrected chi connectivity index (χ2v) is 10.0. The maximum Gasteiger partial charge on any atom is 0.201 e. The first-order valence-electron chi connectivity index (χ1n) is 11.4. The third kappa shape index (κ3) is 3.45. The number of likely N-dealkylation sites (N-methyl/N-ethyl adjacent to an activating group) is 1. The minimum atomic E-state index is -2.56. The van der Waals surface area contributed by atoms with Crippen molar-refractivity contribution in [1.82, 2.24) is 4.90 Å². The fourth-order valence-electron chi connectivity index (χ4n) is 6.11. The summed E-state index contributed by atoms with van der Waals surface area (Å²) in [6.45, 7) is 2.95. The van der Waals surface area contributed by atoms with Gasteiger partial charge in [-0.2, -0.15) is 0 Å². The summed E-state index contributed by atoms with van der Waals surface area (Å²) in [4.78, 5) is 40.8. The van der Waals surface area contributed by atoms with Crippen molar-refractivity contribution in [3.63, 3.8) is 0 Å². The van der Waals surface area contributed by atoms with Crippen molar-refractivity contribution in [2.24, 2.45) is 11.8 Å². The van der Waals surface area contributed by atoms with E-state index >= 15 is 0 Å². The third-order valence-electron chi connectivity index (χ3n) is 7.67. The Kier molecular flexibility index (Phi) is 6.57. The van der Waals surface area contributed by atoms with Crippen LogP contribution in [0.5, 0.6) is 5.75 Å². The van der Waals surface area contributed by atoms with Crippen molar-refractivity contribution in [3.05, 3.63) is 57.9 Å². The summed E-state index contributed by atoms with van der Waals surface area (Å²) in [6, 6.07) is 7.67. The molecule has 0 spiro atoms. The zero-order valence-electron chi connectivity index (χ0n) is 20.4. The van der Waals surface area contributed by atoms with Crippen molar-refractivity contribution < 1.29 is 67.5 Å². The average Bonchev–Trinajstić information content (AvgIpc) is 2.76. The summed E-state index contributed by atoms with van der Waals surface area (Å²) >= 11 is 0. The Morgan fingerprint density at radius 3 is 2.44 bits per heavy atom. The van der Waals surface area contributed by atoms with Crippen LogP contribution in [0.15, 0.2) is 35.1 Å². The number of fused-ring (bicyclic) bond motifs is 4. The van der Waals surface area contributed by atoms with Crippen molar-refractivity contribution in [2.45, 2.75) is 38.3 Å². The summed E-state index contributed by atoms with van der Waals surface area (Å²) in [5, 5.41) is 46.0. The number of hydrogen-bond donors (Lipinski definition) is 4. The van der Waals surface area contributed by atoms with E-state index in [4.69, 9.17) is 0 Å². The van der Waals surface area contributed by atoms with E-state index in [1.807, 2.05) is 19.1 Å². The second kappa shape index (κ2) is 8.87. The Morgan fingerprint density at radius 2 is 1.83 bits per heavy atom. The normalized spacial score (nSPS) is 27.6. The van der Waals surface area contributed by atoms with Gasteiger partial charge in [-0.25, -0.2) is 0 Å². The molecule has 4 N–H and O–H groups in total. The molecule has 0 bridgehead atoms. The number of aryl methyl sites for hydroxylation is 1. The number of aliphatic hydroxyl groups is 3. The molecule has 2 aromatic carbocycles. The van der Waals surface area contributed by atoms with Gasteiger partial charge in [-0.05, 0) is 52.3 Å². The van der Waals surface area contributed by atoms with Gasteiger partial charge in [0.25, 0.3) is 0 Å². The number of rotatable bonds is 2. The SMILES string of the molecule is CC(=O)C1=C(O)[C@@]2(O)C(=O)C3=C(O)c4c([c-]c5ccc(C)cc5c4O)C[C@H]3C[C@H]2[C@H](N(C)C)C1=O.[Y]. The van der Waals surface area contributed by atoms with Crippen LogP contribution in [0, 0.1) is 24.8 Å². The molecule has 0 saturated heterocycles. The fraction of sp³-hybridized carbons (Fsp3) is 0.370. The summed E-state index contributed by atoms with van der Waals surface area (Å²) in [6.07, 6.45) is 0.328. The molecule has 2 aromatic rings. The summed E-state index contributed by atoms with van der Waals surface area (Å²) in [5.74, 6) is -5.67. The van der Waals surface area contributed by atoms with Crippen LogP contribution in [0.2, 0.25) is 0 Å². The zero-order valence-corrected chi connectivity index (χ0v) is 23.3. The molecule has 0 unspecified atom stereocenters. The summed E-state index contributed by atoms with van der Waals surface area (Å²) in [7, 11) is 3.21. The summed E-state index contributed by atoms with van der Waals surface area (Å²) in [5.41, 5.74) is -1.82. The molecule has 185 valence electrons. The van der Waals surface area contributed by atoms with Crippen molar-refractivity contribution in [3.8, 4) is 5.75 Å². The Hall–Kier alpha value is -2.39. The van der Waals surface area contributed by atoms with Crippen molar-refractivity contribution >= 4 is 33.9 Å². The number of carbonyl (C=O) groups excluding carboxylic acids is 3. The minimum absolute atomic E-state index is 0. The molecular formula is C27H26NO7Y-. The fourth-order valence-corrected chi connectivity index (χ4v) is 6.11. The van der Waals surface area contributed by atoms with Crippen LogP contribution in [0.4, 0.5) is 0 Å². The number of ketones is 3. The average molecular weight is 565 g/mol. The Labute approximate surface area is 233 Å². The van der Waals surface area contributed by atoms with Gasteiger partial charge >= 0.3 is 0 Å². The smallest absolute Gasteiger partial charge is 0.201 e. The van der Waals surface area contributed by atoms with Crippen LogP contribution < -0.4 is 0 Å². The Balaban J connectivity index is 0.00000304. The molecule has 36 heavy (non-hydrogen) atoms. The van der Waals surface area contributed by atoms with Crippen molar-refractivity contribution in [2.75, 3.05) is 14.1 Å². The molecule has 3 aliphatic carbocycles. The summed E-state index contributed by atoms with van der Waals surface area (Å²) < 4.78 is 0. The van der Waals surface area contributed by atoms with Crippen molar-refractivity contribution in [1.29, 1.82) is 0 Å². The van der Waals surface area contributed by atoms with Gasteiger partial charge in [0.1, 0.15) is 11.3 Å². The second-order valence-electron chi connectivity index (χ2n) is 10.0. The first kappa shape index (κ1) is 26.7. The van der Waals surface area contributed by atoms with Crippen LogP contribution in [-0.4, -0.2) is 68.4 Å². The van der Waals surface area contributed by atoms with E-state index in [-0.39, 0.29) is 62.4 Å². The number of carbonyl (C=O) groups is 3. The first-order valence-corrected chi connectivity index (χ1v) is 11.4. The largest absolute Gasteiger partial charge is 0.526 e. The number of phenols is 1. The van der Waals surface area contributed by atoms with Crippen LogP contribution in [0.25, 0.3) is 16.5 Å². The van der Waals surface area contributed by atoms with Gasteiger partial charge in [0.05, 0.1) is 17.6 Å². The number of aliphatic hydroxyl groups excluding tert-OH is 2. The number of phenolic OH excluding ortho intramolecular Hbond substituents is 1. The zero-order chi connectivity index (χ0) is 25.6. The first-order chi connectivity index (χ1) is 16.4. The third-order valence-corrected chi connectivity index (χ3v) is 7.67. The van der Waals surface area contributed by atoms with E-state index in [0.29, 0.717) is 16.3 Å². The van der Waals surface area contributed by atoms with Gasteiger partial charge in [0.2, 0.25) is 5.78 Å². The van der Waals surface area contributed by atoms with E-state index in [2.05, 4.69) is 6.07 Å². The van der Waals surface area contributed by atoms with Gasteiger partial charge < -0.3 is 20.4 Å². The van der Waals surface area contributed by atoms with E-state index in [1.54, 1.807) is 20.2 Å². The molecule has 0 aliphatic heterocycles. The maximum absolute atomic E-state index is 13.8. The number of Topliss-reactive ketones (excluding diaryl/α,β-unsaturated/α-hetero) is 3. The van der Waals surface area contributed by atoms with Crippen LogP contribution in [0.1, 0.15) is 30.0 Å². The van der Waals surface area contributed by atoms with E-state index in [1.165, 1.54) is 4.90 Å². The van der Waals surface area contributed by atoms with Crippen LogP contribution in [0.3, 0.4) is 0 Å². The quantitative estimate of drug-likeness (QED) is 0.322. The molecule has 9 heteroatoms. The molecule has 5 rings (SSSR count). The van der Waals surface area contributed by atoms with Gasteiger partial charge in [-0.3, -0.25) is 19.3 Å². The predicted octanol–water partition coefficient (Wildman–Crippen LogP) is 2.33. The van der Waals surface area contributed by atoms with E-state index in [9.17, 15) is 34.8 Å². The number of hydrogen-bond acceptors (Lipinski definition) is 8. The Morgan fingerprint density at radius 1 is 1.17 bits per heavy atom. The molecule has 1 saturated carbocycles. The number of benzene rings is 2. The van der Waals surface area contributed by atoms with Crippen LogP contribution in [-0.2, 0) is 53.5 Å². The topological polar surface area (TPSA) is 135 Å². The van der Waals surface area contributed by atoms with Gasteiger partial charge in [-0.15, -0.1) is 29.1 Å². The van der Waals surface area contributed by atoms with Crippen LogP contribution >= 0.6 is 0 Å². The standard InChI is InChI=1S/C27H26NO7.Y/c1-11-5-6-13-8-14-9-15-10-17-21(28(3)4)24(32)18(12(2)29)25(33)27(17,35)26(34)20(15)23(31)19(14)22(30)16(13)7-11;/h5-7,15,17,21,30-31,33,35H,9-10H2,1-4H3;/q-1;/t15-,17-,21-,27+;/m0./s1. The molecule has 0 amide bonds. The van der Waals surface area contributed by atoms with Gasteiger partial charge in [0, 0.05) is 44.2 Å². The number of aromatic hydroxyl groups is 1. The monoisotopic (exact) mass is 565 g/mol. The Bertz CT molecular complexity index is 1420. The maximum atomic E-state index is 13.8. The molecular weight excluding hydrogens is 539 g/mol. The molecule has 1 radical (unpaired) electrons. The number of nitrogens with zero attached hydrogens (tertiary/aromatic N) is 1. The molecule has 1 fully saturated rings. The predicted molar refractivity (Wildman–Crippen MR) is 127 cm³/mol. The van der Waals surface area contributed by atoms with E-state index in [0.717, 1.165) is 12.5 Å². The molecule has 8 nitrogen and oxygen atoms in total. The minimum Gasteiger partial charge on any atom is -0.526 e. The van der Waals surface area contributed by atoms with Gasteiger partial charge in [0.15, 0.2) is 17.2 Å². The van der Waals surface area contributed by atoms with Gasteiger partial charge in [-0.1, -0.05) is 17.0 Å².